The molecule has 2 aliphatic heterocycles. The van der Waals surface area contributed by atoms with E-state index >= 15 is 0 Å². The minimum atomic E-state index is -0.153. The maximum Gasteiger partial charge on any atom is 0.235 e. The van der Waals surface area contributed by atoms with E-state index in [4.69, 9.17) is 0 Å². The summed E-state index contributed by atoms with van der Waals surface area (Å²) in [5, 5.41) is 0. The van der Waals surface area contributed by atoms with Crippen LogP contribution in [0.5, 0.6) is 0 Å². The van der Waals surface area contributed by atoms with Crippen molar-refractivity contribution in [3.05, 3.63) is 60.7 Å². The summed E-state index contributed by atoms with van der Waals surface area (Å²) in [5.74, 6) is 0.280. The predicted octanol–water partition coefficient (Wildman–Crippen LogP) is 5.94. The Bertz CT molecular complexity index is 641. The second-order valence-corrected chi connectivity index (χ2v) is 10.0. The van der Waals surface area contributed by atoms with Crippen molar-refractivity contribution >= 4 is 25.2 Å². The van der Waals surface area contributed by atoms with Crippen molar-refractivity contribution < 1.29 is 4.79 Å². The van der Waals surface area contributed by atoms with Crippen molar-refractivity contribution in [2.75, 3.05) is 11.1 Å². The lowest BCUT2D eigenvalue weighted by molar-refractivity contribution is -0.115. The lowest BCUT2D eigenvalue weighted by Crippen LogP contribution is -2.34. The Morgan fingerprint density at radius 3 is 1.68 bits per heavy atom. The molecular formula is C22H26NOP. The highest BCUT2D eigenvalue weighted by Crippen LogP contribution is 2.59. The van der Waals surface area contributed by atoms with Crippen molar-refractivity contribution in [2.24, 2.45) is 0 Å². The summed E-state index contributed by atoms with van der Waals surface area (Å²) < 4.78 is 0. The zero-order valence-electron chi connectivity index (χ0n) is 14.7. The third-order valence-corrected chi connectivity index (χ3v) is 9.23. The Kier molecular flexibility index (Phi) is 5.17. The van der Waals surface area contributed by atoms with Crippen LogP contribution in [0.15, 0.2) is 60.7 Å². The first kappa shape index (κ1) is 16.8. The molecule has 130 valence electrons. The van der Waals surface area contributed by atoms with Crippen LogP contribution < -0.4 is 4.90 Å². The zero-order valence-corrected chi connectivity index (χ0v) is 15.6. The number of hydrogen-bond acceptors (Lipinski definition) is 1. The Morgan fingerprint density at radius 2 is 1.24 bits per heavy atom. The van der Waals surface area contributed by atoms with E-state index in [2.05, 4.69) is 0 Å². The number of rotatable bonds is 4. The topological polar surface area (TPSA) is 20.3 Å². The third kappa shape index (κ3) is 3.65. The average molecular weight is 351 g/mol. The van der Waals surface area contributed by atoms with Gasteiger partial charge in [0.15, 0.2) is 0 Å². The monoisotopic (exact) mass is 351 g/mol. The lowest BCUT2D eigenvalue weighted by Gasteiger charge is -2.43. The van der Waals surface area contributed by atoms with Gasteiger partial charge in [-0.05, 0) is 61.3 Å². The van der Waals surface area contributed by atoms with E-state index < -0.39 is 0 Å². The van der Waals surface area contributed by atoms with Crippen molar-refractivity contribution in [3.63, 3.8) is 0 Å². The standard InChI is InChI=1S/C22H26NOP/c24-22(17-25-20-13-7-14-21(25)16-8-15-20)23(18-9-3-1-4-10-18)19-11-5-2-6-12-19/h1-6,9-12,20-21H,7-8,13-17H2. The molecule has 2 saturated heterocycles. The first-order chi connectivity index (χ1) is 12.3. The largest absolute Gasteiger partial charge is 0.281 e. The number of carbonyl (C=O) groups excluding carboxylic acids is 1. The Balaban J connectivity index is 1.60. The minimum absolute atomic E-state index is 0.153. The number of fused-ring (bicyclic) bond motifs is 2. The molecule has 25 heavy (non-hydrogen) atoms. The van der Waals surface area contributed by atoms with Gasteiger partial charge in [-0.2, -0.15) is 0 Å². The Morgan fingerprint density at radius 1 is 0.800 bits per heavy atom. The molecule has 2 bridgehead atoms. The first-order valence-electron chi connectivity index (χ1n) is 9.52. The van der Waals surface area contributed by atoms with Crippen LogP contribution >= 0.6 is 7.92 Å². The molecular weight excluding hydrogens is 325 g/mol. The minimum Gasteiger partial charge on any atom is -0.281 e. The molecule has 4 rings (SSSR count). The first-order valence-corrected chi connectivity index (χ1v) is 11.2. The number of para-hydroxylation sites is 2. The maximum absolute atomic E-state index is 13.4. The predicted molar refractivity (Wildman–Crippen MR) is 107 cm³/mol. The second-order valence-electron chi connectivity index (χ2n) is 7.24. The van der Waals surface area contributed by atoms with Gasteiger partial charge in [-0.3, -0.25) is 9.69 Å². The molecule has 2 aromatic carbocycles. The summed E-state index contributed by atoms with van der Waals surface area (Å²) in [6, 6.07) is 20.2. The molecule has 2 heterocycles. The fourth-order valence-electron chi connectivity index (χ4n) is 4.50. The number of amides is 1. The van der Waals surface area contributed by atoms with E-state index in [1.807, 2.05) is 65.6 Å². The summed E-state index contributed by atoms with van der Waals surface area (Å²) in [5.41, 5.74) is 3.63. The van der Waals surface area contributed by atoms with Crippen LogP contribution in [0, 0.1) is 0 Å². The van der Waals surface area contributed by atoms with Crippen LogP contribution in [0.2, 0.25) is 0 Å². The van der Waals surface area contributed by atoms with Gasteiger partial charge in [-0.25, -0.2) is 0 Å². The van der Waals surface area contributed by atoms with Gasteiger partial charge in [0, 0.05) is 17.5 Å². The molecule has 0 radical (unpaired) electrons. The molecule has 2 fully saturated rings. The number of benzene rings is 2. The summed E-state index contributed by atoms with van der Waals surface area (Å²) >= 11 is 0. The Labute approximate surface area is 152 Å². The number of hydrogen-bond donors (Lipinski definition) is 0. The Hall–Kier alpha value is -1.66. The molecule has 0 N–H and O–H groups in total. The summed E-state index contributed by atoms with van der Waals surface area (Å²) in [6.45, 7) is 0. The van der Waals surface area contributed by atoms with E-state index in [0.29, 0.717) is 0 Å². The molecule has 0 aromatic heterocycles. The number of nitrogens with zero attached hydrogens (tertiary/aromatic N) is 1. The molecule has 0 atom stereocenters. The molecule has 1 amide bonds. The number of anilines is 2. The van der Waals surface area contributed by atoms with Gasteiger partial charge in [-0.1, -0.05) is 57.2 Å². The second kappa shape index (κ2) is 7.70. The average Bonchev–Trinajstić information content (AvgIpc) is 2.63. The molecule has 3 heteroatoms. The number of carbonyl (C=O) groups is 1. The SMILES string of the molecule is O=C(CP1C2CCCC1CCC2)N(c1ccccc1)c1ccccc1. The van der Waals surface area contributed by atoms with Crippen LogP contribution in [0.25, 0.3) is 0 Å². The third-order valence-electron chi connectivity index (χ3n) is 5.68. The van der Waals surface area contributed by atoms with Crippen LogP contribution in [-0.2, 0) is 4.79 Å². The highest BCUT2D eigenvalue weighted by Gasteiger charge is 2.37. The van der Waals surface area contributed by atoms with E-state index in [1.54, 1.807) is 0 Å². The van der Waals surface area contributed by atoms with E-state index in [9.17, 15) is 4.79 Å². The van der Waals surface area contributed by atoms with E-state index in [-0.39, 0.29) is 13.8 Å². The van der Waals surface area contributed by atoms with Crippen molar-refractivity contribution in [3.8, 4) is 0 Å². The smallest absolute Gasteiger partial charge is 0.235 e. The fraction of sp³-hybridized carbons (Fsp3) is 0.409. The van der Waals surface area contributed by atoms with Gasteiger partial charge in [0.05, 0.1) is 0 Å². The lowest BCUT2D eigenvalue weighted by atomic mass is 9.99. The molecule has 2 nitrogen and oxygen atoms in total. The summed E-state index contributed by atoms with van der Waals surface area (Å²) in [4.78, 5) is 15.3. The quantitative estimate of drug-likeness (QED) is 0.624. The van der Waals surface area contributed by atoms with E-state index in [1.165, 1.54) is 38.5 Å². The normalized spacial score (nSPS) is 25.4. The van der Waals surface area contributed by atoms with Gasteiger partial charge in [0.2, 0.25) is 5.91 Å². The zero-order chi connectivity index (χ0) is 17.1. The van der Waals surface area contributed by atoms with E-state index in [0.717, 1.165) is 28.9 Å². The van der Waals surface area contributed by atoms with Gasteiger partial charge < -0.3 is 0 Å². The van der Waals surface area contributed by atoms with Crippen molar-refractivity contribution in [2.45, 2.75) is 49.8 Å². The molecule has 0 spiro atoms. The van der Waals surface area contributed by atoms with Crippen LogP contribution in [-0.4, -0.2) is 23.4 Å². The molecule has 0 unspecified atom stereocenters. The van der Waals surface area contributed by atoms with Crippen molar-refractivity contribution in [1.29, 1.82) is 0 Å². The molecule has 0 aliphatic carbocycles. The van der Waals surface area contributed by atoms with Crippen LogP contribution in [0.1, 0.15) is 38.5 Å². The highest BCUT2D eigenvalue weighted by molar-refractivity contribution is 7.60. The van der Waals surface area contributed by atoms with Gasteiger partial charge in [0.1, 0.15) is 0 Å². The maximum atomic E-state index is 13.4. The molecule has 0 saturated carbocycles. The van der Waals surface area contributed by atoms with Gasteiger partial charge in [0.25, 0.3) is 0 Å². The van der Waals surface area contributed by atoms with Crippen molar-refractivity contribution in [1.82, 2.24) is 0 Å². The molecule has 2 aromatic rings. The fourth-order valence-corrected chi connectivity index (χ4v) is 8.13. The van der Waals surface area contributed by atoms with Gasteiger partial charge in [-0.15, -0.1) is 0 Å². The van der Waals surface area contributed by atoms with Crippen LogP contribution in [0.4, 0.5) is 11.4 Å². The highest BCUT2D eigenvalue weighted by atomic mass is 31.1. The van der Waals surface area contributed by atoms with Gasteiger partial charge >= 0.3 is 0 Å². The summed E-state index contributed by atoms with van der Waals surface area (Å²) in [6.07, 6.45) is 8.93. The van der Waals surface area contributed by atoms with Crippen LogP contribution in [0.3, 0.4) is 0 Å². The molecule has 2 aliphatic rings. The summed E-state index contributed by atoms with van der Waals surface area (Å²) in [7, 11) is -0.153.